The van der Waals surface area contributed by atoms with Crippen LogP contribution >= 0.6 is 0 Å². The van der Waals surface area contributed by atoms with Gasteiger partial charge >= 0.3 is 0 Å². The summed E-state index contributed by atoms with van der Waals surface area (Å²) in [5.74, 6) is 1.61. The molecule has 19 heavy (non-hydrogen) atoms. The van der Waals surface area contributed by atoms with Crippen molar-refractivity contribution in [3.63, 3.8) is 0 Å². The minimum absolute atomic E-state index is 0.490. The van der Waals surface area contributed by atoms with Crippen LogP contribution < -0.4 is 9.47 Å². The van der Waals surface area contributed by atoms with Crippen LogP contribution in [0.2, 0.25) is 0 Å². The van der Waals surface area contributed by atoms with Crippen LogP contribution in [0.15, 0.2) is 55.0 Å². The van der Waals surface area contributed by atoms with Gasteiger partial charge in [-0.3, -0.25) is 0 Å². The number of ether oxygens (including phenoxy) is 2. The van der Waals surface area contributed by atoms with Crippen LogP contribution in [0.1, 0.15) is 5.56 Å². The molecule has 1 aromatic carbocycles. The van der Waals surface area contributed by atoms with Gasteiger partial charge in [0.15, 0.2) is 11.4 Å². The van der Waals surface area contributed by atoms with Crippen molar-refractivity contribution in [2.24, 2.45) is 0 Å². The van der Waals surface area contributed by atoms with Crippen LogP contribution in [0.5, 0.6) is 11.5 Å². The highest BCUT2D eigenvalue weighted by Gasteiger charge is 2.03. The van der Waals surface area contributed by atoms with Gasteiger partial charge < -0.3 is 13.9 Å². The Bertz CT molecular complexity index is 691. The molecule has 0 aliphatic rings. The maximum Gasteiger partial charge on any atom is 0.179 e. The van der Waals surface area contributed by atoms with Crippen LogP contribution in [0.25, 0.3) is 5.65 Å². The molecule has 0 atom stereocenters. The summed E-state index contributed by atoms with van der Waals surface area (Å²) in [4.78, 5) is 4.28. The summed E-state index contributed by atoms with van der Waals surface area (Å²) >= 11 is 0. The maximum absolute atomic E-state index is 5.82. The van der Waals surface area contributed by atoms with Gasteiger partial charge in [-0.15, -0.1) is 0 Å². The van der Waals surface area contributed by atoms with Gasteiger partial charge in [0, 0.05) is 18.6 Å². The average molecular weight is 254 g/mol. The Morgan fingerprint density at radius 3 is 3.00 bits per heavy atom. The Kier molecular flexibility index (Phi) is 3.06. The number of aromatic nitrogens is 2. The van der Waals surface area contributed by atoms with Gasteiger partial charge in [0.2, 0.25) is 0 Å². The SMILES string of the molecule is COc1cccc(COc2cccn3ccnc23)c1. The normalized spacial score (nSPS) is 10.6. The van der Waals surface area contributed by atoms with Crippen molar-refractivity contribution in [1.82, 2.24) is 9.38 Å². The summed E-state index contributed by atoms with van der Waals surface area (Å²) < 4.78 is 12.9. The molecule has 0 saturated carbocycles. The summed E-state index contributed by atoms with van der Waals surface area (Å²) in [6, 6.07) is 11.7. The van der Waals surface area contributed by atoms with Crippen molar-refractivity contribution in [3.8, 4) is 11.5 Å². The highest BCUT2D eigenvalue weighted by Crippen LogP contribution is 2.20. The predicted molar refractivity (Wildman–Crippen MR) is 72.5 cm³/mol. The summed E-state index contributed by atoms with van der Waals surface area (Å²) in [5.41, 5.74) is 1.89. The molecule has 96 valence electrons. The number of pyridine rings is 1. The van der Waals surface area contributed by atoms with Crippen LogP contribution in [-0.2, 0) is 6.61 Å². The molecule has 0 aliphatic carbocycles. The number of hydrogen-bond acceptors (Lipinski definition) is 3. The topological polar surface area (TPSA) is 35.8 Å². The van der Waals surface area contributed by atoms with E-state index in [1.54, 1.807) is 13.3 Å². The van der Waals surface area contributed by atoms with Gasteiger partial charge in [-0.05, 0) is 29.8 Å². The molecule has 0 bridgehead atoms. The monoisotopic (exact) mass is 254 g/mol. The van der Waals surface area contributed by atoms with Crippen LogP contribution in [0.4, 0.5) is 0 Å². The van der Waals surface area contributed by atoms with E-state index >= 15 is 0 Å². The zero-order valence-electron chi connectivity index (χ0n) is 10.6. The van der Waals surface area contributed by atoms with Crippen molar-refractivity contribution in [2.75, 3.05) is 7.11 Å². The highest BCUT2D eigenvalue weighted by atomic mass is 16.5. The fourth-order valence-electron chi connectivity index (χ4n) is 1.96. The van der Waals surface area contributed by atoms with E-state index in [-0.39, 0.29) is 0 Å². The molecule has 2 heterocycles. The number of benzene rings is 1. The summed E-state index contributed by atoms with van der Waals surface area (Å²) in [6.45, 7) is 0.490. The van der Waals surface area contributed by atoms with Gasteiger partial charge in [0.1, 0.15) is 12.4 Å². The van der Waals surface area contributed by atoms with Crippen molar-refractivity contribution in [3.05, 3.63) is 60.6 Å². The quantitative estimate of drug-likeness (QED) is 0.718. The smallest absolute Gasteiger partial charge is 0.179 e. The first-order valence-electron chi connectivity index (χ1n) is 6.04. The van der Waals surface area contributed by atoms with Crippen LogP contribution in [0, 0.1) is 0 Å². The fourth-order valence-corrected chi connectivity index (χ4v) is 1.96. The molecule has 0 aliphatic heterocycles. The lowest BCUT2D eigenvalue weighted by atomic mass is 10.2. The van der Waals surface area contributed by atoms with E-state index in [2.05, 4.69) is 4.98 Å². The molecule has 3 rings (SSSR count). The molecule has 0 fully saturated rings. The number of nitrogens with zero attached hydrogens (tertiary/aromatic N) is 2. The van der Waals surface area contributed by atoms with Gasteiger partial charge in [-0.2, -0.15) is 0 Å². The van der Waals surface area contributed by atoms with E-state index in [9.17, 15) is 0 Å². The Morgan fingerprint density at radius 2 is 2.11 bits per heavy atom. The Balaban J connectivity index is 1.80. The zero-order valence-corrected chi connectivity index (χ0v) is 10.6. The zero-order chi connectivity index (χ0) is 13.1. The molecule has 0 unspecified atom stereocenters. The molecule has 0 spiro atoms. The molecule has 0 radical (unpaired) electrons. The lowest BCUT2D eigenvalue weighted by Gasteiger charge is -2.08. The summed E-state index contributed by atoms with van der Waals surface area (Å²) in [5, 5.41) is 0. The van der Waals surface area contributed by atoms with E-state index in [0.29, 0.717) is 6.61 Å². The standard InChI is InChI=1S/C15H14N2O2/c1-18-13-5-2-4-12(10-13)11-19-14-6-3-8-17-9-7-16-15(14)17/h2-10H,11H2,1H3. The highest BCUT2D eigenvalue weighted by molar-refractivity contribution is 5.53. The second-order valence-electron chi connectivity index (χ2n) is 4.17. The van der Waals surface area contributed by atoms with E-state index < -0.39 is 0 Å². The maximum atomic E-state index is 5.82. The van der Waals surface area contributed by atoms with Gasteiger partial charge in [-0.1, -0.05) is 12.1 Å². The van der Waals surface area contributed by atoms with Crippen LogP contribution in [-0.4, -0.2) is 16.5 Å². The predicted octanol–water partition coefficient (Wildman–Crippen LogP) is 2.92. The minimum atomic E-state index is 0.490. The molecular weight excluding hydrogens is 240 g/mol. The first kappa shape index (κ1) is 11.6. The van der Waals surface area contributed by atoms with E-state index in [4.69, 9.17) is 9.47 Å². The third-order valence-electron chi connectivity index (χ3n) is 2.91. The second-order valence-corrected chi connectivity index (χ2v) is 4.17. The fraction of sp³-hybridized carbons (Fsp3) is 0.133. The van der Waals surface area contributed by atoms with Crippen LogP contribution in [0.3, 0.4) is 0 Å². The second kappa shape index (κ2) is 5.02. The van der Waals surface area contributed by atoms with Crippen molar-refractivity contribution < 1.29 is 9.47 Å². The third kappa shape index (κ3) is 2.38. The largest absolute Gasteiger partial charge is 0.497 e. The molecule has 2 aromatic heterocycles. The average Bonchev–Trinajstić information content (AvgIpc) is 2.94. The molecule has 0 amide bonds. The number of methoxy groups -OCH3 is 1. The summed E-state index contributed by atoms with van der Waals surface area (Å²) in [7, 11) is 1.66. The van der Waals surface area contributed by atoms with Crippen molar-refractivity contribution >= 4 is 5.65 Å². The molecule has 4 nitrogen and oxygen atoms in total. The number of hydrogen-bond donors (Lipinski definition) is 0. The molecule has 3 aromatic rings. The number of fused-ring (bicyclic) bond motifs is 1. The Labute approximate surface area is 111 Å². The molecular formula is C15H14N2O2. The molecule has 0 N–H and O–H groups in total. The Morgan fingerprint density at radius 1 is 1.16 bits per heavy atom. The summed E-state index contributed by atoms with van der Waals surface area (Å²) in [6.07, 6.45) is 5.60. The lowest BCUT2D eigenvalue weighted by molar-refractivity contribution is 0.307. The third-order valence-corrected chi connectivity index (χ3v) is 2.91. The Hall–Kier alpha value is -2.49. The van der Waals surface area contributed by atoms with E-state index in [1.165, 1.54) is 0 Å². The molecule has 4 heteroatoms. The van der Waals surface area contributed by atoms with Gasteiger partial charge in [0.25, 0.3) is 0 Å². The van der Waals surface area contributed by atoms with Gasteiger partial charge in [-0.25, -0.2) is 4.98 Å². The van der Waals surface area contributed by atoms with Crippen molar-refractivity contribution in [2.45, 2.75) is 6.61 Å². The first-order valence-corrected chi connectivity index (χ1v) is 6.04. The first-order chi connectivity index (χ1) is 9.36. The number of imidazole rings is 1. The van der Waals surface area contributed by atoms with Crippen molar-refractivity contribution in [1.29, 1.82) is 0 Å². The van der Waals surface area contributed by atoms with E-state index in [0.717, 1.165) is 22.7 Å². The number of rotatable bonds is 4. The minimum Gasteiger partial charge on any atom is -0.497 e. The van der Waals surface area contributed by atoms with Gasteiger partial charge in [0.05, 0.1) is 7.11 Å². The van der Waals surface area contributed by atoms with E-state index in [1.807, 2.05) is 53.2 Å². The lowest BCUT2D eigenvalue weighted by Crippen LogP contribution is -1.98. The molecule has 0 saturated heterocycles.